The lowest BCUT2D eigenvalue weighted by Gasteiger charge is -2.24. The molecule has 1 aliphatic heterocycles. The summed E-state index contributed by atoms with van der Waals surface area (Å²) in [7, 11) is 4.11. The van der Waals surface area contributed by atoms with Crippen molar-refractivity contribution in [1.29, 1.82) is 0 Å². The number of allylic oxidation sites excluding steroid dienone is 1. The Labute approximate surface area is 166 Å². The van der Waals surface area contributed by atoms with E-state index in [2.05, 4.69) is 37.8 Å². The largest absolute Gasteiger partial charge is 0.457 e. The molecule has 1 N–H and O–H groups in total. The predicted molar refractivity (Wildman–Crippen MR) is 111 cm³/mol. The Balaban J connectivity index is 1.64. The number of benzene rings is 1. The van der Waals surface area contributed by atoms with Gasteiger partial charge in [0.15, 0.2) is 0 Å². The summed E-state index contributed by atoms with van der Waals surface area (Å²) in [6.45, 7) is 4.98. The zero-order valence-corrected chi connectivity index (χ0v) is 17.1. The molecule has 0 fully saturated rings. The van der Waals surface area contributed by atoms with Gasteiger partial charge in [-0.2, -0.15) is 0 Å². The van der Waals surface area contributed by atoms with E-state index in [1.54, 1.807) is 0 Å². The molecule has 6 heteroatoms. The molecule has 6 nitrogen and oxygen atoms in total. The average Bonchev–Trinajstić information content (AvgIpc) is 3.10. The highest BCUT2D eigenvalue weighted by Gasteiger charge is 2.16. The normalized spacial score (nSPS) is 14.1. The van der Waals surface area contributed by atoms with Crippen molar-refractivity contribution < 1.29 is 14.3 Å². The third-order valence-corrected chi connectivity index (χ3v) is 4.76. The summed E-state index contributed by atoms with van der Waals surface area (Å²) < 4.78 is 11.2. The topological polar surface area (TPSA) is 57.8 Å². The van der Waals surface area contributed by atoms with E-state index in [-0.39, 0.29) is 12.8 Å². The van der Waals surface area contributed by atoms with Gasteiger partial charge in [0.1, 0.15) is 5.75 Å². The van der Waals surface area contributed by atoms with E-state index in [1.165, 1.54) is 5.56 Å². The molecular formula is C22H29N3O3. The number of hydrogen-bond acceptors (Lipinski definition) is 5. The van der Waals surface area contributed by atoms with Crippen LogP contribution in [0.15, 0.2) is 48.4 Å². The highest BCUT2D eigenvalue weighted by molar-refractivity contribution is 5.90. The van der Waals surface area contributed by atoms with Crippen LogP contribution in [0.2, 0.25) is 0 Å². The van der Waals surface area contributed by atoms with Crippen LogP contribution in [0.5, 0.6) is 5.75 Å². The number of nitrogens with one attached hydrogen (secondary N) is 1. The van der Waals surface area contributed by atoms with Crippen LogP contribution in [-0.4, -0.2) is 54.2 Å². The van der Waals surface area contributed by atoms with Crippen molar-refractivity contribution in [3.05, 3.63) is 54.0 Å². The van der Waals surface area contributed by atoms with Gasteiger partial charge in [-0.3, -0.25) is 0 Å². The van der Waals surface area contributed by atoms with Gasteiger partial charge in [0.25, 0.3) is 0 Å². The molecule has 1 aromatic heterocycles. The van der Waals surface area contributed by atoms with E-state index >= 15 is 0 Å². The first kappa shape index (κ1) is 20.0. The molecule has 0 radical (unpaired) electrons. The summed E-state index contributed by atoms with van der Waals surface area (Å²) in [6, 6.07) is 6.15. The first-order valence-electron chi connectivity index (χ1n) is 9.64. The lowest BCUT2D eigenvalue weighted by Crippen LogP contribution is -2.24. The van der Waals surface area contributed by atoms with Crippen LogP contribution >= 0.6 is 0 Å². The number of esters is 1. The van der Waals surface area contributed by atoms with Crippen LogP contribution in [0.3, 0.4) is 0 Å². The molecule has 1 aliphatic rings. The van der Waals surface area contributed by atoms with E-state index in [1.807, 2.05) is 47.8 Å². The number of hydrogen-bond donors (Lipinski definition) is 1. The Kier molecular flexibility index (Phi) is 6.41. The minimum absolute atomic E-state index is 0.112. The van der Waals surface area contributed by atoms with Crippen molar-refractivity contribution in [1.82, 2.24) is 14.8 Å². The van der Waals surface area contributed by atoms with Gasteiger partial charge in [-0.25, -0.2) is 4.79 Å². The number of rotatable bonds is 8. The molecule has 1 aromatic carbocycles. The molecule has 0 atom stereocenters. The van der Waals surface area contributed by atoms with Crippen LogP contribution in [0.25, 0.3) is 10.9 Å². The summed E-state index contributed by atoms with van der Waals surface area (Å²) in [5.74, 6) is 0.380. The maximum atomic E-state index is 12.4. The quantitative estimate of drug-likeness (QED) is 0.557. The van der Waals surface area contributed by atoms with Crippen molar-refractivity contribution in [2.75, 3.05) is 27.4 Å². The molecule has 0 saturated heterocycles. The predicted octanol–water partition coefficient (Wildman–Crippen LogP) is 3.66. The van der Waals surface area contributed by atoms with Crippen molar-refractivity contribution >= 4 is 16.9 Å². The number of fused-ring (bicyclic) bond motifs is 1. The van der Waals surface area contributed by atoms with Crippen LogP contribution in [0, 0.1) is 0 Å². The highest BCUT2D eigenvalue weighted by atomic mass is 16.7. The van der Waals surface area contributed by atoms with Gasteiger partial charge in [0.2, 0.25) is 6.79 Å². The number of ether oxygens (including phenoxy) is 2. The maximum Gasteiger partial charge on any atom is 0.338 e. The fourth-order valence-electron chi connectivity index (χ4n) is 3.15. The van der Waals surface area contributed by atoms with Gasteiger partial charge in [0, 0.05) is 48.5 Å². The molecule has 0 bridgehead atoms. The molecular weight excluding hydrogens is 354 g/mol. The SMILES string of the molecule is CC(C)N1C=CCC(C(=O)OCOc2cccc3[nH]cc(CCN(C)C)c23)=C1. The molecule has 0 unspecified atom stereocenters. The lowest BCUT2D eigenvalue weighted by molar-refractivity contribution is -0.145. The van der Waals surface area contributed by atoms with E-state index in [0.29, 0.717) is 18.0 Å². The Bertz CT molecular complexity index is 880. The number of nitrogens with zero attached hydrogens (tertiary/aromatic N) is 2. The Morgan fingerprint density at radius 2 is 2.14 bits per heavy atom. The second kappa shape index (κ2) is 8.97. The van der Waals surface area contributed by atoms with E-state index in [4.69, 9.17) is 9.47 Å². The number of aromatic amines is 1. The van der Waals surface area contributed by atoms with E-state index < -0.39 is 0 Å². The molecule has 0 spiro atoms. The van der Waals surface area contributed by atoms with Gasteiger partial charge < -0.3 is 24.3 Å². The van der Waals surface area contributed by atoms with Gasteiger partial charge >= 0.3 is 5.97 Å². The summed E-state index contributed by atoms with van der Waals surface area (Å²) in [4.78, 5) is 19.8. The molecule has 0 saturated carbocycles. The molecule has 150 valence electrons. The zero-order valence-electron chi connectivity index (χ0n) is 17.1. The minimum atomic E-state index is -0.343. The van der Waals surface area contributed by atoms with Crippen molar-refractivity contribution in [3.8, 4) is 5.75 Å². The monoisotopic (exact) mass is 383 g/mol. The van der Waals surface area contributed by atoms with Crippen molar-refractivity contribution in [2.24, 2.45) is 0 Å². The number of H-pyrrole nitrogens is 1. The zero-order chi connectivity index (χ0) is 20.1. The highest BCUT2D eigenvalue weighted by Crippen LogP contribution is 2.29. The fraction of sp³-hybridized carbons (Fsp3) is 0.409. The molecule has 2 aromatic rings. The second-order valence-electron chi connectivity index (χ2n) is 7.52. The van der Waals surface area contributed by atoms with Crippen LogP contribution in [0.1, 0.15) is 25.8 Å². The summed E-state index contributed by atoms with van der Waals surface area (Å²) in [5.41, 5.74) is 2.84. The van der Waals surface area contributed by atoms with Crippen LogP contribution in [-0.2, 0) is 16.0 Å². The van der Waals surface area contributed by atoms with Crippen molar-refractivity contribution in [3.63, 3.8) is 0 Å². The summed E-state index contributed by atoms with van der Waals surface area (Å²) >= 11 is 0. The molecule has 0 aliphatic carbocycles. The van der Waals surface area contributed by atoms with Gasteiger partial charge in [-0.05, 0) is 52.1 Å². The van der Waals surface area contributed by atoms with Gasteiger partial charge in [-0.1, -0.05) is 12.1 Å². The Morgan fingerprint density at radius 1 is 1.32 bits per heavy atom. The smallest absolute Gasteiger partial charge is 0.338 e. The van der Waals surface area contributed by atoms with Crippen LogP contribution < -0.4 is 4.74 Å². The molecule has 2 heterocycles. The lowest BCUT2D eigenvalue weighted by atomic mass is 10.1. The second-order valence-corrected chi connectivity index (χ2v) is 7.52. The molecule has 28 heavy (non-hydrogen) atoms. The van der Waals surface area contributed by atoms with Crippen LogP contribution in [0.4, 0.5) is 0 Å². The number of carbonyl (C=O) groups is 1. The third kappa shape index (κ3) is 4.75. The fourth-order valence-corrected chi connectivity index (χ4v) is 3.15. The number of aromatic nitrogens is 1. The standard InChI is InChI=1S/C22H29N3O3/c1-16(2)25-11-6-7-18(14-25)22(26)28-15-27-20-9-5-8-19-21(20)17(13-23-19)10-12-24(3)4/h5-6,8-9,11,13-14,16,23H,7,10,12,15H2,1-4H3. The minimum Gasteiger partial charge on any atom is -0.457 e. The number of carbonyl (C=O) groups excluding carboxylic acids is 1. The van der Waals surface area contributed by atoms with Gasteiger partial charge in [-0.15, -0.1) is 0 Å². The van der Waals surface area contributed by atoms with Crippen molar-refractivity contribution in [2.45, 2.75) is 32.7 Å². The van der Waals surface area contributed by atoms with Gasteiger partial charge in [0.05, 0.1) is 5.57 Å². The molecule has 0 amide bonds. The summed E-state index contributed by atoms with van der Waals surface area (Å²) in [6.07, 6.45) is 9.31. The maximum absolute atomic E-state index is 12.4. The average molecular weight is 383 g/mol. The van der Waals surface area contributed by atoms with E-state index in [9.17, 15) is 4.79 Å². The number of likely N-dealkylation sites (N-methyl/N-ethyl adjacent to an activating group) is 1. The first-order valence-corrected chi connectivity index (χ1v) is 9.64. The Morgan fingerprint density at radius 3 is 2.89 bits per heavy atom. The Hall–Kier alpha value is -2.73. The third-order valence-electron chi connectivity index (χ3n) is 4.76. The first-order chi connectivity index (χ1) is 13.5. The van der Waals surface area contributed by atoms with E-state index in [0.717, 1.165) is 29.6 Å². The summed E-state index contributed by atoms with van der Waals surface area (Å²) in [5, 5.41) is 1.05. The molecule has 3 rings (SSSR count).